The number of hydrogen-bond donors (Lipinski definition) is 1. The van der Waals surface area contributed by atoms with Gasteiger partial charge < -0.3 is 9.72 Å². The predicted octanol–water partition coefficient (Wildman–Crippen LogP) is 4.66. The van der Waals surface area contributed by atoms with Crippen LogP contribution >= 0.6 is 23.2 Å². The Balaban J connectivity index is 2.03. The van der Waals surface area contributed by atoms with Crippen LogP contribution in [0.25, 0.3) is 11.0 Å². The molecule has 0 aliphatic carbocycles. The van der Waals surface area contributed by atoms with Crippen molar-refractivity contribution in [2.75, 3.05) is 0 Å². The number of ether oxygens (including phenoxy) is 1. The number of hydrogen-bond acceptors (Lipinski definition) is 2. The summed E-state index contributed by atoms with van der Waals surface area (Å²) >= 11 is 11.9. The van der Waals surface area contributed by atoms with Gasteiger partial charge in [-0.25, -0.2) is 4.98 Å². The predicted molar refractivity (Wildman–Crippen MR) is 72.6 cm³/mol. The first-order chi connectivity index (χ1) is 8.72. The highest BCUT2D eigenvalue weighted by molar-refractivity contribution is 6.33. The van der Waals surface area contributed by atoms with Crippen LogP contribution < -0.4 is 4.74 Å². The number of imidazole rings is 1. The SMILES string of the molecule is Clc1nc2cc(Oc3ccccc3)c(Cl)cc2[nH]1. The van der Waals surface area contributed by atoms with Crippen LogP contribution in [0.1, 0.15) is 0 Å². The third-order valence-corrected chi connectivity index (χ3v) is 2.95. The van der Waals surface area contributed by atoms with E-state index in [9.17, 15) is 0 Å². The zero-order chi connectivity index (χ0) is 12.5. The van der Waals surface area contributed by atoms with Gasteiger partial charge in [0.15, 0.2) is 0 Å². The number of fused-ring (bicyclic) bond motifs is 1. The van der Waals surface area contributed by atoms with E-state index in [4.69, 9.17) is 27.9 Å². The molecule has 0 aliphatic heterocycles. The number of aromatic amines is 1. The second-order valence-electron chi connectivity index (χ2n) is 3.74. The average molecular weight is 279 g/mol. The van der Waals surface area contributed by atoms with E-state index in [-0.39, 0.29) is 0 Å². The lowest BCUT2D eigenvalue weighted by Gasteiger charge is -2.07. The molecule has 0 fully saturated rings. The molecule has 0 bridgehead atoms. The van der Waals surface area contributed by atoms with Gasteiger partial charge in [0.1, 0.15) is 11.5 Å². The van der Waals surface area contributed by atoms with E-state index in [2.05, 4.69) is 9.97 Å². The van der Waals surface area contributed by atoms with Crippen molar-refractivity contribution < 1.29 is 4.74 Å². The standard InChI is InChI=1S/C13H8Cl2N2O/c14-9-6-10-11(17-13(15)16-10)7-12(9)18-8-4-2-1-3-5-8/h1-7H,(H,16,17). The molecule has 3 aromatic rings. The number of nitrogens with one attached hydrogen (secondary N) is 1. The van der Waals surface area contributed by atoms with E-state index in [0.29, 0.717) is 16.1 Å². The minimum absolute atomic E-state index is 0.331. The lowest BCUT2D eigenvalue weighted by molar-refractivity contribution is 0.483. The quantitative estimate of drug-likeness (QED) is 0.740. The van der Waals surface area contributed by atoms with Gasteiger partial charge in [-0.15, -0.1) is 0 Å². The Morgan fingerprint density at radius 2 is 1.83 bits per heavy atom. The number of para-hydroxylation sites is 1. The molecule has 2 aromatic carbocycles. The molecule has 3 nitrogen and oxygen atoms in total. The van der Waals surface area contributed by atoms with Crippen molar-refractivity contribution in [2.24, 2.45) is 0 Å². The maximum absolute atomic E-state index is 6.15. The number of halogens is 2. The molecule has 5 heteroatoms. The normalized spacial score (nSPS) is 10.8. The van der Waals surface area contributed by atoms with Gasteiger partial charge in [0, 0.05) is 6.07 Å². The maximum atomic E-state index is 6.15. The van der Waals surface area contributed by atoms with Crippen LogP contribution in [0.5, 0.6) is 11.5 Å². The molecule has 3 rings (SSSR count). The van der Waals surface area contributed by atoms with E-state index < -0.39 is 0 Å². The molecular formula is C13H8Cl2N2O. The van der Waals surface area contributed by atoms with E-state index in [0.717, 1.165) is 16.8 Å². The third kappa shape index (κ3) is 2.15. The Morgan fingerprint density at radius 1 is 1.06 bits per heavy atom. The molecule has 0 amide bonds. The van der Waals surface area contributed by atoms with Crippen LogP contribution in [0.4, 0.5) is 0 Å². The minimum atomic E-state index is 0.331. The molecule has 0 radical (unpaired) electrons. The molecule has 0 atom stereocenters. The van der Waals surface area contributed by atoms with Crippen molar-refractivity contribution in [3.8, 4) is 11.5 Å². The summed E-state index contributed by atoms with van der Waals surface area (Å²) in [6, 6.07) is 12.9. The number of H-pyrrole nitrogens is 1. The van der Waals surface area contributed by atoms with Gasteiger partial charge >= 0.3 is 0 Å². The van der Waals surface area contributed by atoms with Crippen molar-refractivity contribution in [3.63, 3.8) is 0 Å². The van der Waals surface area contributed by atoms with Crippen molar-refractivity contribution in [3.05, 3.63) is 52.8 Å². The van der Waals surface area contributed by atoms with Crippen LogP contribution in [-0.2, 0) is 0 Å². The molecule has 18 heavy (non-hydrogen) atoms. The molecule has 0 spiro atoms. The summed E-state index contributed by atoms with van der Waals surface area (Å²) in [6.45, 7) is 0. The number of rotatable bonds is 2. The Bertz CT molecular complexity index is 695. The van der Waals surface area contributed by atoms with E-state index in [1.165, 1.54) is 0 Å². The van der Waals surface area contributed by atoms with Gasteiger partial charge in [-0.1, -0.05) is 29.8 Å². The van der Waals surface area contributed by atoms with Gasteiger partial charge in [-0.05, 0) is 29.8 Å². The van der Waals surface area contributed by atoms with Crippen molar-refractivity contribution in [1.29, 1.82) is 0 Å². The molecule has 90 valence electrons. The zero-order valence-electron chi connectivity index (χ0n) is 9.15. The Morgan fingerprint density at radius 3 is 2.61 bits per heavy atom. The second-order valence-corrected chi connectivity index (χ2v) is 4.51. The summed E-state index contributed by atoms with van der Waals surface area (Å²) in [5.41, 5.74) is 1.50. The van der Waals surface area contributed by atoms with Crippen LogP contribution in [0, 0.1) is 0 Å². The molecule has 0 aliphatic rings. The average Bonchev–Trinajstić information content (AvgIpc) is 2.70. The first-order valence-electron chi connectivity index (χ1n) is 5.30. The van der Waals surface area contributed by atoms with Crippen molar-refractivity contribution in [1.82, 2.24) is 9.97 Å². The van der Waals surface area contributed by atoms with Crippen molar-refractivity contribution in [2.45, 2.75) is 0 Å². The van der Waals surface area contributed by atoms with Crippen LogP contribution in [0.15, 0.2) is 42.5 Å². The van der Waals surface area contributed by atoms with Crippen LogP contribution in [0.2, 0.25) is 10.3 Å². The number of nitrogens with zero attached hydrogens (tertiary/aromatic N) is 1. The van der Waals surface area contributed by atoms with Gasteiger partial charge in [0.25, 0.3) is 0 Å². The summed E-state index contributed by atoms with van der Waals surface area (Å²) in [5.74, 6) is 1.28. The van der Waals surface area contributed by atoms with Gasteiger partial charge in [0.2, 0.25) is 5.28 Å². The fourth-order valence-electron chi connectivity index (χ4n) is 1.67. The largest absolute Gasteiger partial charge is 0.456 e. The summed E-state index contributed by atoms with van der Waals surface area (Å²) in [6.07, 6.45) is 0. The molecule has 0 saturated carbocycles. The molecule has 0 unspecified atom stereocenters. The van der Waals surface area contributed by atoms with E-state index in [1.807, 2.05) is 30.3 Å². The van der Waals surface area contributed by atoms with Crippen molar-refractivity contribution >= 4 is 34.2 Å². The fraction of sp³-hybridized carbons (Fsp3) is 0. The van der Waals surface area contributed by atoms with Gasteiger partial charge in [-0.3, -0.25) is 0 Å². The lowest BCUT2D eigenvalue weighted by Crippen LogP contribution is -1.85. The van der Waals surface area contributed by atoms with E-state index in [1.54, 1.807) is 12.1 Å². The number of aromatic nitrogens is 2. The zero-order valence-corrected chi connectivity index (χ0v) is 10.7. The monoisotopic (exact) mass is 278 g/mol. The smallest absolute Gasteiger partial charge is 0.201 e. The Labute approximate surface area is 113 Å². The lowest BCUT2D eigenvalue weighted by atomic mass is 10.3. The Kier molecular flexibility index (Phi) is 2.86. The fourth-order valence-corrected chi connectivity index (χ4v) is 2.07. The Hall–Kier alpha value is -1.71. The van der Waals surface area contributed by atoms with E-state index >= 15 is 0 Å². The first-order valence-corrected chi connectivity index (χ1v) is 6.05. The van der Waals surface area contributed by atoms with Crippen LogP contribution in [0.3, 0.4) is 0 Å². The summed E-state index contributed by atoms with van der Waals surface area (Å²) in [7, 11) is 0. The molecule has 1 N–H and O–H groups in total. The number of benzene rings is 2. The van der Waals surface area contributed by atoms with Crippen LogP contribution in [-0.4, -0.2) is 9.97 Å². The summed E-state index contributed by atoms with van der Waals surface area (Å²) < 4.78 is 5.70. The highest BCUT2D eigenvalue weighted by Crippen LogP contribution is 2.33. The third-order valence-electron chi connectivity index (χ3n) is 2.48. The minimum Gasteiger partial charge on any atom is -0.456 e. The summed E-state index contributed by atoms with van der Waals surface area (Å²) in [5, 5.41) is 0.838. The van der Waals surface area contributed by atoms with Gasteiger partial charge in [0.05, 0.1) is 16.1 Å². The highest BCUT2D eigenvalue weighted by Gasteiger charge is 2.08. The maximum Gasteiger partial charge on any atom is 0.201 e. The highest BCUT2D eigenvalue weighted by atomic mass is 35.5. The molecule has 1 aromatic heterocycles. The molecular weight excluding hydrogens is 271 g/mol. The topological polar surface area (TPSA) is 37.9 Å². The van der Waals surface area contributed by atoms with Gasteiger partial charge in [-0.2, -0.15) is 0 Å². The summed E-state index contributed by atoms with van der Waals surface area (Å²) in [4.78, 5) is 7.03. The molecule has 0 saturated heterocycles. The first kappa shape index (κ1) is 11.4. The second kappa shape index (κ2) is 4.52. The molecule has 1 heterocycles.